The summed E-state index contributed by atoms with van der Waals surface area (Å²) in [5.74, 6) is 0.644. The van der Waals surface area contributed by atoms with E-state index in [1.54, 1.807) is 0 Å². The molecule has 0 spiro atoms. The minimum Gasteiger partial charge on any atom is -0.338 e. The van der Waals surface area contributed by atoms with Gasteiger partial charge in [0.25, 0.3) is 0 Å². The largest absolute Gasteiger partial charge is 0.338 e. The Kier molecular flexibility index (Phi) is 6.34. The van der Waals surface area contributed by atoms with E-state index in [1.807, 2.05) is 16.2 Å². The number of carbonyl (C=O) groups is 1. The predicted molar refractivity (Wildman–Crippen MR) is 95.8 cm³/mol. The lowest BCUT2D eigenvalue weighted by molar-refractivity contribution is 0.169. The molecule has 0 radical (unpaired) electrons. The van der Waals surface area contributed by atoms with Gasteiger partial charge in [-0.25, -0.2) is 4.79 Å². The van der Waals surface area contributed by atoms with Gasteiger partial charge in [-0.15, -0.1) is 11.3 Å². The van der Waals surface area contributed by atoms with Crippen molar-refractivity contribution in [3.05, 3.63) is 22.4 Å². The van der Waals surface area contributed by atoms with Crippen molar-refractivity contribution < 1.29 is 4.79 Å². The third kappa shape index (κ3) is 5.21. The first kappa shape index (κ1) is 16.8. The highest BCUT2D eigenvalue weighted by molar-refractivity contribution is 7.09. The first-order valence-electron chi connectivity index (χ1n) is 9.09. The van der Waals surface area contributed by atoms with Crippen LogP contribution in [0.4, 0.5) is 4.79 Å². The summed E-state index contributed by atoms with van der Waals surface area (Å²) < 4.78 is 0. The van der Waals surface area contributed by atoms with Gasteiger partial charge in [0.2, 0.25) is 0 Å². The molecule has 2 fully saturated rings. The highest BCUT2D eigenvalue weighted by atomic mass is 32.1. The lowest BCUT2D eigenvalue weighted by Crippen LogP contribution is -2.44. The molecule has 4 nitrogen and oxygen atoms in total. The van der Waals surface area contributed by atoms with Crippen LogP contribution in [0.2, 0.25) is 0 Å². The van der Waals surface area contributed by atoms with Crippen LogP contribution in [0.15, 0.2) is 17.5 Å². The third-order valence-electron chi connectivity index (χ3n) is 5.10. The second-order valence-electron chi connectivity index (χ2n) is 6.89. The number of nitrogens with one attached hydrogen (secondary N) is 1. The number of rotatable bonds is 4. The number of urea groups is 1. The number of hydrogen-bond donors (Lipinski definition) is 1. The Bertz CT molecular complexity index is 461. The Hall–Kier alpha value is -1.07. The molecule has 2 saturated heterocycles. The molecular formula is C18H29N3OS. The fraction of sp³-hybridized carbons (Fsp3) is 0.722. The number of likely N-dealkylation sites (tertiary alicyclic amines) is 2. The topological polar surface area (TPSA) is 35.6 Å². The molecule has 3 heterocycles. The van der Waals surface area contributed by atoms with Crippen molar-refractivity contribution in [3.8, 4) is 0 Å². The zero-order chi connectivity index (χ0) is 15.9. The van der Waals surface area contributed by atoms with Gasteiger partial charge in [-0.2, -0.15) is 0 Å². The second kappa shape index (κ2) is 8.69. The summed E-state index contributed by atoms with van der Waals surface area (Å²) in [5.41, 5.74) is 0. The van der Waals surface area contributed by atoms with Crippen LogP contribution in [-0.4, -0.2) is 48.6 Å². The van der Waals surface area contributed by atoms with Crippen LogP contribution in [0.3, 0.4) is 0 Å². The van der Waals surface area contributed by atoms with E-state index in [2.05, 4.69) is 27.7 Å². The molecule has 2 aliphatic heterocycles. The van der Waals surface area contributed by atoms with E-state index in [9.17, 15) is 4.79 Å². The van der Waals surface area contributed by atoms with Gasteiger partial charge < -0.3 is 10.2 Å². The standard InChI is InChI=1S/C18H29N3OS/c22-18(21-9-3-1-2-4-10-21)19-14-16-7-11-20(12-8-16)15-17-6-5-13-23-17/h5-6,13,16H,1-4,7-12,14-15H2,(H,19,22). The Morgan fingerprint density at radius 3 is 2.52 bits per heavy atom. The molecule has 0 atom stereocenters. The summed E-state index contributed by atoms with van der Waals surface area (Å²) in [6.45, 7) is 6.12. The van der Waals surface area contributed by atoms with Crippen molar-refractivity contribution in [1.29, 1.82) is 0 Å². The number of hydrogen-bond acceptors (Lipinski definition) is 3. The number of piperidine rings is 1. The monoisotopic (exact) mass is 335 g/mol. The zero-order valence-electron chi connectivity index (χ0n) is 14.0. The summed E-state index contributed by atoms with van der Waals surface area (Å²) in [4.78, 5) is 18.3. The molecular weight excluding hydrogens is 306 g/mol. The highest BCUT2D eigenvalue weighted by Gasteiger charge is 2.21. The molecule has 0 unspecified atom stereocenters. The van der Waals surface area contributed by atoms with E-state index in [1.165, 1.54) is 30.6 Å². The summed E-state index contributed by atoms with van der Waals surface area (Å²) >= 11 is 1.84. The molecule has 0 aliphatic carbocycles. The fourth-order valence-electron chi connectivity index (χ4n) is 3.59. The summed E-state index contributed by atoms with van der Waals surface area (Å²) in [6.07, 6.45) is 7.26. The summed E-state index contributed by atoms with van der Waals surface area (Å²) in [5, 5.41) is 5.33. The van der Waals surface area contributed by atoms with Gasteiger partial charge in [0.05, 0.1) is 0 Å². The average Bonchev–Trinajstić information content (AvgIpc) is 2.93. The van der Waals surface area contributed by atoms with E-state index in [0.717, 1.165) is 52.1 Å². The Balaban J connectivity index is 1.34. The Labute approximate surface area is 143 Å². The minimum absolute atomic E-state index is 0.160. The normalized spacial score (nSPS) is 21.1. The third-order valence-corrected chi connectivity index (χ3v) is 5.96. The first-order valence-corrected chi connectivity index (χ1v) is 9.97. The molecule has 0 aromatic carbocycles. The predicted octanol–water partition coefficient (Wildman–Crippen LogP) is 3.55. The number of amides is 2. The smallest absolute Gasteiger partial charge is 0.317 e. The Morgan fingerprint density at radius 1 is 1.13 bits per heavy atom. The van der Waals surface area contributed by atoms with Crippen LogP contribution in [0.5, 0.6) is 0 Å². The zero-order valence-corrected chi connectivity index (χ0v) is 14.8. The van der Waals surface area contributed by atoms with Gasteiger partial charge in [-0.3, -0.25) is 4.90 Å². The molecule has 1 N–H and O–H groups in total. The van der Waals surface area contributed by atoms with Crippen LogP contribution >= 0.6 is 11.3 Å². The highest BCUT2D eigenvalue weighted by Crippen LogP contribution is 2.20. The quantitative estimate of drug-likeness (QED) is 0.913. The lowest BCUT2D eigenvalue weighted by Gasteiger charge is -2.32. The van der Waals surface area contributed by atoms with E-state index in [0.29, 0.717) is 5.92 Å². The van der Waals surface area contributed by atoms with Crippen LogP contribution in [0.1, 0.15) is 43.4 Å². The lowest BCUT2D eigenvalue weighted by atomic mass is 9.97. The van der Waals surface area contributed by atoms with Gasteiger partial charge in [-0.05, 0) is 56.1 Å². The maximum atomic E-state index is 12.3. The van der Waals surface area contributed by atoms with Gasteiger partial charge >= 0.3 is 6.03 Å². The fourth-order valence-corrected chi connectivity index (χ4v) is 4.34. The van der Waals surface area contributed by atoms with Crippen molar-refractivity contribution in [2.24, 2.45) is 5.92 Å². The molecule has 2 amide bonds. The van der Waals surface area contributed by atoms with Crippen molar-refractivity contribution in [2.75, 3.05) is 32.7 Å². The van der Waals surface area contributed by atoms with Crippen molar-refractivity contribution >= 4 is 17.4 Å². The van der Waals surface area contributed by atoms with E-state index < -0.39 is 0 Å². The van der Waals surface area contributed by atoms with Gasteiger partial charge in [0.15, 0.2) is 0 Å². The molecule has 0 saturated carbocycles. The van der Waals surface area contributed by atoms with Crippen LogP contribution in [0.25, 0.3) is 0 Å². The molecule has 1 aromatic heterocycles. The second-order valence-corrected chi connectivity index (χ2v) is 7.92. The van der Waals surface area contributed by atoms with Gasteiger partial charge in [-0.1, -0.05) is 18.9 Å². The summed E-state index contributed by atoms with van der Waals surface area (Å²) in [7, 11) is 0. The number of thiophene rings is 1. The molecule has 23 heavy (non-hydrogen) atoms. The summed E-state index contributed by atoms with van der Waals surface area (Å²) in [6, 6.07) is 4.51. The van der Waals surface area contributed by atoms with Gasteiger partial charge in [0.1, 0.15) is 0 Å². The van der Waals surface area contributed by atoms with Crippen LogP contribution < -0.4 is 5.32 Å². The van der Waals surface area contributed by atoms with Crippen LogP contribution in [-0.2, 0) is 6.54 Å². The molecule has 0 bridgehead atoms. The van der Waals surface area contributed by atoms with Crippen LogP contribution in [0, 0.1) is 5.92 Å². The SMILES string of the molecule is O=C(NCC1CCN(Cc2cccs2)CC1)N1CCCCCC1. The number of carbonyl (C=O) groups excluding carboxylic acids is 1. The molecule has 5 heteroatoms. The van der Waals surface area contributed by atoms with E-state index in [4.69, 9.17) is 0 Å². The maximum Gasteiger partial charge on any atom is 0.317 e. The minimum atomic E-state index is 0.160. The maximum absolute atomic E-state index is 12.3. The molecule has 2 aliphatic rings. The molecule has 128 valence electrons. The van der Waals surface area contributed by atoms with Crippen molar-refractivity contribution in [1.82, 2.24) is 15.1 Å². The first-order chi connectivity index (χ1) is 11.3. The van der Waals surface area contributed by atoms with E-state index in [-0.39, 0.29) is 6.03 Å². The molecule has 1 aromatic rings. The van der Waals surface area contributed by atoms with Crippen molar-refractivity contribution in [2.45, 2.75) is 45.1 Å². The van der Waals surface area contributed by atoms with Crippen molar-refractivity contribution in [3.63, 3.8) is 0 Å². The van der Waals surface area contributed by atoms with Gasteiger partial charge in [0, 0.05) is 31.1 Å². The number of nitrogens with zero attached hydrogens (tertiary/aromatic N) is 2. The Morgan fingerprint density at radius 2 is 1.87 bits per heavy atom. The molecule has 3 rings (SSSR count). The average molecular weight is 336 g/mol. The van der Waals surface area contributed by atoms with E-state index >= 15 is 0 Å².